The third kappa shape index (κ3) is 3.03. The lowest BCUT2D eigenvalue weighted by Gasteiger charge is -2.14. The van der Waals surface area contributed by atoms with Crippen molar-refractivity contribution in [3.8, 4) is 0 Å². The summed E-state index contributed by atoms with van der Waals surface area (Å²) < 4.78 is 1.09. The summed E-state index contributed by atoms with van der Waals surface area (Å²) in [7, 11) is 0. The van der Waals surface area contributed by atoms with E-state index in [2.05, 4.69) is 37.3 Å². The molecule has 0 aromatic heterocycles. The Kier molecular flexibility index (Phi) is 4.53. The van der Waals surface area contributed by atoms with Crippen molar-refractivity contribution in [3.05, 3.63) is 142 Å². The summed E-state index contributed by atoms with van der Waals surface area (Å²) in [5.74, 6) is 0. The Hall–Kier alpha value is -3.91. The van der Waals surface area contributed by atoms with E-state index in [-0.39, 0.29) is 0 Å². The number of aryl methyl sites for hydroxylation is 1. The number of rotatable bonds is 3. The fraction of sp³-hybridized carbons (Fsp3) is 0.0357. The van der Waals surface area contributed by atoms with Gasteiger partial charge in [0, 0.05) is 17.2 Å². The quantitative estimate of drug-likeness (QED) is 0.287. The molecule has 0 aliphatic carbocycles. The van der Waals surface area contributed by atoms with Crippen LogP contribution in [0.4, 0.5) is 5.69 Å². The predicted molar refractivity (Wildman–Crippen MR) is 124 cm³/mol. The minimum absolute atomic E-state index is 0.693. The number of allylic oxidation sites excluding steroid dienone is 1. The van der Waals surface area contributed by atoms with Crippen LogP contribution in [0.5, 0.6) is 0 Å². The number of hydrogen-bond acceptors (Lipinski definition) is 1. The summed E-state index contributed by atoms with van der Waals surface area (Å²) in [6.45, 7) is 2.07. The molecule has 0 saturated heterocycles. The van der Waals surface area contributed by atoms with Crippen LogP contribution in [-0.2, 0) is 0 Å². The van der Waals surface area contributed by atoms with E-state index in [0.29, 0.717) is 11.4 Å². The molecule has 30 heavy (non-hydrogen) atoms. The Bertz CT molecular complexity index is 1230. The Morgan fingerprint density at radius 3 is 1.77 bits per heavy atom. The molecule has 0 atom stereocenters. The minimum Gasteiger partial charge on any atom is -0.618 e. The van der Waals surface area contributed by atoms with Crippen molar-refractivity contribution in [2.75, 3.05) is 0 Å². The van der Waals surface area contributed by atoms with Gasteiger partial charge in [0.15, 0.2) is 0 Å². The molecule has 2 heteroatoms. The lowest BCUT2D eigenvalue weighted by Crippen LogP contribution is -2.10. The number of fused-ring (bicyclic) bond motifs is 1. The summed E-state index contributed by atoms with van der Waals surface area (Å²) in [5, 5.41) is 13.5. The molecule has 0 radical (unpaired) electrons. The predicted octanol–water partition coefficient (Wildman–Crippen LogP) is 6.60. The van der Waals surface area contributed by atoms with Gasteiger partial charge in [-0.05, 0) is 36.2 Å². The van der Waals surface area contributed by atoms with Gasteiger partial charge in [-0.15, -0.1) is 0 Å². The maximum absolute atomic E-state index is 13.5. The average Bonchev–Trinajstić information content (AvgIpc) is 3.07. The molecule has 2 nitrogen and oxygen atoms in total. The molecule has 0 bridgehead atoms. The summed E-state index contributed by atoms with van der Waals surface area (Å²) in [5.41, 5.74) is 8.65. The standard InChI is InChI=1S/C28H21NO/c1-20-17-18-25-24(19-20)27(28(29(25)30)23-15-9-4-10-16-23)26(21-11-5-2-6-12-21)22-13-7-3-8-14-22/h2-19H,1H3. The molecule has 5 rings (SSSR count). The van der Waals surface area contributed by atoms with Crippen LogP contribution < -0.4 is 0 Å². The molecule has 0 fully saturated rings. The van der Waals surface area contributed by atoms with Gasteiger partial charge in [0.1, 0.15) is 0 Å². The molecule has 0 N–H and O–H groups in total. The van der Waals surface area contributed by atoms with Gasteiger partial charge in [-0.3, -0.25) is 0 Å². The second-order valence-electron chi connectivity index (χ2n) is 7.51. The average molecular weight is 387 g/mol. The van der Waals surface area contributed by atoms with E-state index in [0.717, 1.165) is 43.7 Å². The van der Waals surface area contributed by atoms with E-state index in [1.807, 2.05) is 78.9 Å². The number of benzene rings is 4. The van der Waals surface area contributed by atoms with Crippen molar-refractivity contribution < 1.29 is 4.74 Å². The molecule has 4 aromatic carbocycles. The van der Waals surface area contributed by atoms with E-state index in [4.69, 9.17) is 0 Å². The smallest absolute Gasteiger partial charge is 0.233 e. The third-order valence-corrected chi connectivity index (χ3v) is 5.50. The first-order valence-electron chi connectivity index (χ1n) is 10.1. The van der Waals surface area contributed by atoms with Gasteiger partial charge in [0.2, 0.25) is 11.4 Å². The largest absolute Gasteiger partial charge is 0.618 e. The SMILES string of the molecule is Cc1ccc2c(c1)C(=C(c1ccccc1)c1ccccc1)C(c1ccccc1)=[N+]2[O-]. The molecular weight excluding hydrogens is 366 g/mol. The highest BCUT2D eigenvalue weighted by Gasteiger charge is 2.36. The Balaban J connectivity index is 1.93. The van der Waals surface area contributed by atoms with Gasteiger partial charge in [-0.1, -0.05) is 90.5 Å². The summed E-state index contributed by atoms with van der Waals surface area (Å²) in [6, 6.07) is 36.7. The van der Waals surface area contributed by atoms with Crippen LogP contribution in [0.3, 0.4) is 0 Å². The van der Waals surface area contributed by atoms with Crippen LogP contribution in [0.15, 0.2) is 109 Å². The molecular formula is C28H21NO. The fourth-order valence-corrected chi connectivity index (χ4v) is 4.15. The van der Waals surface area contributed by atoms with E-state index < -0.39 is 0 Å². The molecule has 1 aliphatic rings. The van der Waals surface area contributed by atoms with E-state index >= 15 is 0 Å². The van der Waals surface area contributed by atoms with Crippen LogP contribution in [0.25, 0.3) is 11.1 Å². The first kappa shape index (κ1) is 18.1. The van der Waals surface area contributed by atoms with Gasteiger partial charge in [-0.25, -0.2) is 0 Å². The second kappa shape index (κ2) is 7.49. The second-order valence-corrected chi connectivity index (χ2v) is 7.51. The lowest BCUT2D eigenvalue weighted by molar-refractivity contribution is -0.355. The van der Waals surface area contributed by atoms with Crippen molar-refractivity contribution >= 4 is 22.5 Å². The maximum Gasteiger partial charge on any atom is 0.233 e. The van der Waals surface area contributed by atoms with Crippen molar-refractivity contribution in [1.82, 2.24) is 0 Å². The summed E-state index contributed by atoms with van der Waals surface area (Å²) in [6.07, 6.45) is 0. The zero-order valence-electron chi connectivity index (χ0n) is 16.7. The van der Waals surface area contributed by atoms with E-state index in [1.54, 1.807) is 0 Å². The highest BCUT2D eigenvalue weighted by atomic mass is 16.5. The Morgan fingerprint density at radius 1 is 0.667 bits per heavy atom. The lowest BCUT2D eigenvalue weighted by atomic mass is 9.86. The highest BCUT2D eigenvalue weighted by Crippen LogP contribution is 2.43. The molecule has 4 aromatic rings. The molecule has 0 unspecified atom stereocenters. The van der Waals surface area contributed by atoms with Crippen LogP contribution >= 0.6 is 0 Å². The summed E-state index contributed by atoms with van der Waals surface area (Å²) >= 11 is 0. The van der Waals surface area contributed by atoms with E-state index in [9.17, 15) is 5.21 Å². The van der Waals surface area contributed by atoms with Crippen LogP contribution in [0.1, 0.15) is 27.8 Å². The zero-order chi connectivity index (χ0) is 20.5. The van der Waals surface area contributed by atoms with Crippen LogP contribution in [0.2, 0.25) is 0 Å². The molecule has 144 valence electrons. The van der Waals surface area contributed by atoms with Crippen molar-refractivity contribution in [2.24, 2.45) is 0 Å². The Labute approximate surface area is 176 Å². The van der Waals surface area contributed by atoms with Gasteiger partial charge >= 0.3 is 0 Å². The topological polar surface area (TPSA) is 26.1 Å². The zero-order valence-corrected chi connectivity index (χ0v) is 16.7. The maximum atomic E-state index is 13.5. The van der Waals surface area contributed by atoms with Crippen LogP contribution in [-0.4, -0.2) is 10.5 Å². The molecule has 1 heterocycles. The third-order valence-electron chi connectivity index (χ3n) is 5.50. The van der Waals surface area contributed by atoms with Crippen molar-refractivity contribution in [1.29, 1.82) is 0 Å². The Morgan fingerprint density at radius 2 is 1.20 bits per heavy atom. The first-order chi connectivity index (χ1) is 14.7. The molecule has 1 aliphatic heterocycles. The normalized spacial score (nSPS) is 12.8. The molecule has 0 spiro atoms. The van der Waals surface area contributed by atoms with Gasteiger partial charge < -0.3 is 5.21 Å². The molecule has 0 amide bonds. The first-order valence-corrected chi connectivity index (χ1v) is 10.1. The van der Waals surface area contributed by atoms with Crippen molar-refractivity contribution in [3.63, 3.8) is 0 Å². The summed E-state index contributed by atoms with van der Waals surface area (Å²) in [4.78, 5) is 0. The van der Waals surface area contributed by atoms with Crippen LogP contribution in [0, 0.1) is 12.1 Å². The van der Waals surface area contributed by atoms with Gasteiger partial charge in [0.25, 0.3) is 0 Å². The van der Waals surface area contributed by atoms with Gasteiger partial charge in [-0.2, -0.15) is 4.74 Å². The fourth-order valence-electron chi connectivity index (χ4n) is 4.15. The van der Waals surface area contributed by atoms with E-state index in [1.165, 1.54) is 0 Å². The minimum atomic E-state index is 0.693. The van der Waals surface area contributed by atoms with Crippen molar-refractivity contribution in [2.45, 2.75) is 6.92 Å². The molecule has 0 saturated carbocycles. The number of nitrogens with zero attached hydrogens (tertiary/aromatic N) is 1. The highest BCUT2D eigenvalue weighted by molar-refractivity contribution is 6.38. The monoisotopic (exact) mass is 387 g/mol. The van der Waals surface area contributed by atoms with Gasteiger partial charge in [0.05, 0.1) is 11.1 Å². The number of hydrogen-bond donors (Lipinski definition) is 0.